The molecule has 106 valence electrons. The summed E-state index contributed by atoms with van der Waals surface area (Å²) in [7, 11) is -3.63. The first-order valence-corrected chi connectivity index (χ1v) is 8.37. The molecule has 0 radical (unpaired) electrons. The van der Waals surface area contributed by atoms with Gasteiger partial charge in [0.2, 0.25) is 10.0 Å². The van der Waals surface area contributed by atoms with Crippen LogP contribution >= 0.6 is 15.9 Å². The summed E-state index contributed by atoms with van der Waals surface area (Å²) in [6.07, 6.45) is 2.58. The van der Waals surface area contributed by atoms with Crippen LogP contribution in [0.25, 0.3) is 0 Å². The zero-order chi connectivity index (χ0) is 14.0. The highest BCUT2D eigenvalue weighted by atomic mass is 79.9. The topological polar surface area (TPSA) is 63.4 Å². The lowest BCUT2D eigenvalue weighted by molar-refractivity contribution is 0.257. The van der Waals surface area contributed by atoms with Gasteiger partial charge in [-0.25, -0.2) is 12.8 Å². The first kappa shape index (κ1) is 14.9. The van der Waals surface area contributed by atoms with Crippen molar-refractivity contribution in [3.63, 3.8) is 0 Å². The van der Waals surface area contributed by atoms with E-state index in [1.807, 2.05) is 0 Å². The summed E-state index contributed by atoms with van der Waals surface area (Å²) in [5, 5.41) is 0. The van der Waals surface area contributed by atoms with Crippen molar-refractivity contribution < 1.29 is 12.8 Å². The Bertz CT molecular complexity index is 565. The molecule has 0 saturated carbocycles. The van der Waals surface area contributed by atoms with Gasteiger partial charge in [-0.1, -0.05) is 6.42 Å². The van der Waals surface area contributed by atoms with E-state index in [2.05, 4.69) is 15.9 Å². The van der Waals surface area contributed by atoms with Crippen molar-refractivity contribution in [1.29, 1.82) is 0 Å². The van der Waals surface area contributed by atoms with Crippen LogP contribution in [0.3, 0.4) is 0 Å². The molecule has 1 saturated heterocycles. The molecule has 1 aromatic carbocycles. The standard InChI is InChI=1S/C12H16BrFN2O2S/c13-11-7-9(14)4-5-12(11)19(17,18)16-6-2-1-3-10(16)8-15/h4-5,7,10H,1-3,6,8,15H2/t10-/m0/s1. The molecule has 0 spiro atoms. The highest BCUT2D eigenvalue weighted by Crippen LogP contribution is 2.29. The molecule has 0 unspecified atom stereocenters. The fraction of sp³-hybridized carbons (Fsp3) is 0.500. The number of benzene rings is 1. The van der Waals surface area contributed by atoms with Gasteiger partial charge in [0.05, 0.1) is 4.90 Å². The number of rotatable bonds is 3. The van der Waals surface area contributed by atoms with Gasteiger partial charge in [-0.3, -0.25) is 0 Å². The third-order valence-corrected chi connectivity index (χ3v) is 6.25. The summed E-state index contributed by atoms with van der Waals surface area (Å²) in [5.41, 5.74) is 5.65. The molecule has 0 aliphatic carbocycles. The SMILES string of the molecule is NC[C@@H]1CCCCN1S(=O)(=O)c1ccc(F)cc1Br. The van der Waals surface area contributed by atoms with Gasteiger partial charge in [0.1, 0.15) is 5.82 Å². The van der Waals surface area contributed by atoms with Crippen molar-refractivity contribution >= 4 is 26.0 Å². The molecule has 19 heavy (non-hydrogen) atoms. The van der Waals surface area contributed by atoms with Crippen LogP contribution in [-0.4, -0.2) is 31.9 Å². The lowest BCUT2D eigenvalue weighted by Gasteiger charge is -2.34. The number of sulfonamides is 1. The van der Waals surface area contributed by atoms with Crippen molar-refractivity contribution in [3.05, 3.63) is 28.5 Å². The molecule has 4 nitrogen and oxygen atoms in total. The molecule has 0 bridgehead atoms. The third-order valence-electron chi connectivity index (χ3n) is 3.33. The maximum absolute atomic E-state index is 13.1. The van der Waals surface area contributed by atoms with E-state index in [1.165, 1.54) is 10.4 Å². The first-order chi connectivity index (χ1) is 8.96. The number of hydrogen-bond donors (Lipinski definition) is 1. The lowest BCUT2D eigenvalue weighted by Crippen LogP contribution is -2.47. The normalized spacial score (nSPS) is 21.5. The zero-order valence-corrected chi connectivity index (χ0v) is 12.8. The van der Waals surface area contributed by atoms with Crippen molar-refractivity contribution in [2.45, 2.75) is 30.2 Å². The number of nitrogens with two attached hydrogens (primary N) is 1. The zero-order valence-electron chi connectivity index (χ0n) is 10.4. The van der Waals surface area contributed by atoms with Crippen LogP contribution in [0.4, 0.5) is 4.39 Å². The van der Waals surface area contributed by atoms with Gasteiger partial charge in [-0.2, -0.15) is 4.31 Å². The van der Waals surface area contributed by atoms with Crippen LogP contribution in [0.5, 0.6) is 0 Å². The Labute approximate surface area is 121 Å². The second-order valence-corrected chi connectivity index (χ2v) is 7.29. The number of nitrogens with zero attached hydrogens (tertiary/aromatic N) is 1. The fourth-order valence-corrected chi connectivity index (χ4v) is 5.05. The highest BCUT2D eigenvalue weighted by Gasteiger charge is 2.33. The van der Waals surface area contributed by atoms with E-state index in [9.17, 15) is 12.8 Å². The summed E-state index contributed by atoms with van der Waals surface area (Å²) in [5.74, 6) is -0.472. The van der Waals surface area contributed by atoms with Crippen LogP contribution < -0.4 is 5.73 Å². The minimum absolute atomic E-state index is 0.0919. The molecule has 1 aliphatic heterocycles. The maximum atomic E-state index is 13.1. The highest BCUT2D eigenvalue weighted by molar-refractivity contribution is 9.10. The minimum atomic E-state index is -3.63. The quantitative estimate of drug-likeness (QED) is 0.907. The lowest BCUT2D eigenvalue weighted by atomic mass is 10.1. The molecular weight excluding hydrogens is 335 g/mol. The Morgan fingerprint density at radius 2 is 2.16 bits per heavy atom. The van der Waals surface area contributed by atoms with Crippen LogP contribution in [-0.2, 0) is 10.0 Å². The molecule has 1 aliphatic rings. The Balaban J connectivity index is 2.40. The summed E-state index contributed by atoms with van der Waals surface area (Å²) >= 11 is 3.11. The van der Waals surface area contributed by atoms with E-state index in [4.69, 9.17) is 5.73 Å². The summed E-state index contributed by atoms with van der Waals surface area (Å²) in [6, 6.07) is 3.43. The molecule has 2 rings (SSSR count). The smallest absolute Gasteiger partial charge is 0.244 e. The van der Waals surface area contributed by atoms with E-state index in [-0.39, 0.29) is 15.4 Å². The van der Waals surface area contributed by atoms with E-state index in [0.717, 1.165) is 31.4 Å². The predicted octanol–water partition coefficient (Wildman–Crippen LogP) is 2.09. The molecule has 1 aromatic rings. The monoisotopic (exact) mass is 350 g/mol. The van der Waals surface area contributed by atoms with Crippen LogP contribution in [0, 0.1) is 5.82 Å². The van der Waals surface area contributed by atoms with Gasteiger partial charge >= 0.3 is 0 Å². The van der Waals surface area contributed by atoms with Gasteiger partial charge in [0.25, 0.3) is 0 Å². The summed E-state index contributed by atoms with van der Waals surface area (Å²) in [4.78, 5) is 0.0919. The number of hydrogen-bond acceptors (Lipinski definition) is 3. The Morgan fingerprint density at radius 3 is 2.79 bits per heavy atom. The minimum Gasteiger partial charge on any atom is -0.329 e. The van der Waals surface area contributed by atoms with Gasteiger partial charge in [0, 0.05) is 23.6 Å². The van der Waals surface area contributed by atoms with Crippen LogP contribution in [0.2, 0.25) is 0 Å². The van der Waals surface area contributed by atoms with Gasteiger partial charge < -0.3 is 5.73 Å². The molecule has 0 amide bonds. The average molecular weight is 351 g/mol. The summed E-state index contributed by atoms with van der Waals surface area (Å²) < 4.78 is 40.0. The van der Waals surface area contributed by atoms with Gasteiger partial charge in [0.15, 0.2) is 0 Å². The average Bonchev–Trinajstić information content (AvgIpc) is 2.38. The second kappa shape index (κ2) is 5.87. The number of halogens is 2. The Kier molecular flexibility index (Phi) is 4.60. The Morgan fingerprint density at radius 1 is 1.42 bits per heavy atom. The maximum Gasteiger partial charge on any atom is 0.244 e. The molecular formula is C12H16BrFN2O2S. The molecule has 1 atom stereocenters. The van der Waals surface area contributed by atoms with Crippen molar-refractivity contribution in [3.8, 4) is 0 Å². The van der Waals surface area contributed by atoms with E-state index < -0.39 is 15.8 Å². The third kappa shape index (κ3) is 2.99. The van der Waals surface area contributed by atoms with Crippen molar-refractivity contribution in [2.24, 2.45) is 5.73 Å². The molecule has 1 heterocycles. The fourth-order valence-electron chi connectivity index (χ4n) is 2.34. The van der Waals surface area contributed by atoms with E-state index in [1.54, 1.807) is 0 Å². The van der Waals surface area contributed by atoms with Crippen LogP contribution in [0.15, 0.2) is 27.6 Å². The molecule has 0 aromatic heterocycles. The van der Waals surface area contributed by atoms with Crippen molar-refractivity contribution in [2.75, 3.05) is 13.1 Å². The second-order valence-electron chi connectivity index (χ2n) is 4.58. The van der Waals surface area contributed by atoms with E-state index in [0.29, 0.717) is 13.1 Å². The molecule has 7 heteroatoms. The van der Waals surface area contributed by atoms with Crippen LogP contribution in [0.1, 0.15) is 19.3 Å². The largest absolute Gasteiger partial charge is 0.329 e. The molecule has 1 fully saturated rings. The van der Waals surface area contributed by atoms with E-state index >= 15 is 0 Å². The first-order valence-electron chi connectivity index (χ1n) is 6.14. The Hall–Kier alpha value is -0.500. The van der Waals surface area contributed by atoms with Gasteiger partial charge in [-0.15, -0.1) is 0 Å². The summed E-state index contributed by atoms with van der Waals surface area (Å²) in [6.45, 7) is 0.770. The van der Waals surface area contributed by atoms with Crippen molar-refractivity contribution in [1.82, 2.24) is 4.31 Å². The van der Waals surface area contributed by atoms with Gasteiger partial charge in [-0.05, 0) is 47.0 Å². The number of piperidine rings is 1. The molecule has 2 N–H and O–H groups in total. The predicted molar refractivity (Wildman–Crippen MR) is 74.7 cm³/mol.